The van der Waals surface area contributed by atoms with E-state index in [1.807, 2.05) is 48.5 Å². The van der Waals surface area contributed by atoms with Crippen LogP contribution in [-0.2, 0) is 13.0 Å². The first-order valence-electron chi connectivity index (χ1n) is 10.3. The number of hydrogen-bond acceptors (Lipinski definition) is 6. The first kappa shape index (κ1) is 19.3. The number of aliphatic hydroxyl groups excluding tert-OH is 1. The number of amides is 1. The van der Waals surface area contributed by atoms with Gasteiger partial charge in [-0.2, -0.15) is 0 Å². The number of tetrazole rings is 1. The Labute approximate surface area is 179 Å². The number of rotatable bonds is 5. The molecule has 0 bridgehead atoms. The van der Waals surface area contributed by atoms with Gasteiger partial charge in [-0.3, -0.25) is 9.78 Å². The van der Waals surface area contributed by atoms with Crippen LogP contribution in [0, 0.1) is 5.92 Å². The van der Waals surface area contributed by atoms with E-state index in [4.69, 9.17) is 0 Å². The topological polar surface area (TPSA) is 97.0 Å². The van der Waals surface area contributed by atoms with Crippen molar-refractivity contribution in [1.82, 2.24) is 30.1 Å². The maximum atomic E-state index is 13.0. The maximum absolute atomic E-state index is 13.0. The molecule has 0 spiro atoms. The summed E-state index contributed by atoms with van der Waals surface area (Å²) >= 11 is 0. The maximum Gasteiger partial charge on any atom is 0.253 e. The van der Waals surface area contributed by atoms with Crippen LogP contribution in [0.1, 0.15) is 21.5 Å². The van der Waals surface area contributed by atoms with Gasteiger partial charge in [-0.25, -0.2) is 4.68 Å². The number of aromatic nitrogens is 5. The number of hydrogen-bond donors (Lipinski definition) is 1. The average molecular weight is 414 g/mol. The van der Waals surface area contributed by atoms with E-state index in [0.717, 1.165) is 22.0 Å². The number of β-amino-alcohol motifs (C(OH)–C–C–N with tert-alkyl or cyclic N) is 1. The fourth-order valence-electron chi connectivity index (χ4n) is 4.21. The van der Waals surface area contributed by atoms with Gasteiger partial charge in [0.15, 0.2) is 0 Å². The van der Waals surface area contributed by atoms with Crippen molar-refractivity contribution in [2.45, 2.75) is 19.1 Å². The molecule has 1 aliphatic heterocycles. The van der Waals surface area contributed by atoms with Crippen molar-refractivity contribution in [1.29, 1.82) is 0 Å². The highest BCUT2D eigenvalue weighted by atomic mass is 16.3. The van der Waals surface area contributed by atoms with Gasteiger partial charge in [0.1, 0.15) is 6.33 Å². The highest BCUT2D eigenvalue weighted by Gasteiger charge is 2.34. The molecule has 8 heteroatoms. The van der Waals surface area contributed by atoms with Gasteiger partial charge < -0.3 is 10.0 Å². The van der Waals surface area contributed by atoms with Crippen LogP contribution in [0.2, 0.25) is 0 Å². The number of aliphatic hydroxyl groups is 1. The van der Waals surface area contributed by atoms with Crippen molar-refractivity contribution < 1.29 is 9.90 Å². The summed E-state index contributed by atoms with van der Waals surface area (Å²) in [5.74, 6) is -0.0658. The molecule has 2 aromatic carbocycles. The Balaban J connectivity index is 1.27. The van der Waals surface area contributed by atoms with Crippen LogP contribution in [0.3, 0.4) is 0 Å². The molecule has 4 aromatic rings. The van der Waals surface area contributed by atoms with Crippen molar-refractivity contribution in [3.8, 4) is 0 Å². The molecule has 5 rings (SSSR count). The molecule has 1 amide bonds. The molecule has 3 heterocycles. The number of fused-ring (bicyclic) bond motifs is 1. The zero-order chi connectivity index (χ0) is 21.2. The second-order valence-electron chi connectivity index (χ2n) is 7.93. The van der Waals surface area contributed by atoms with Gasteiger partial charge in [-0.15, -0.1) is 5.10 Å². The fraction of sp³-hybridized carbons (Fsp3) is 0.261. The molecular formula is C23H22N6O2. The summed E-state index contributed by atoms with van der Waals surface area (Å²) in [5, 5.41) is 22.8. The second kappa shape index (κ2) is 8.23. The molecule has 0 radical (unpaired) electrons. The van der Waals surface area contributed by atoms with Crippen LogP contribution < -0.4 is 0 Å². The smallest absolute Gasteiger partial charge is 0.253 e. The summed E-state index contributed by atoms with van der Waals surface area (Å²) in [4.78, 5) is 19.2. The lowest BCUT2D eigenvalue weighted by Gasteiger charge is -2.17. The van der Waals surface area contributed by atoms with Gasteiger partial charge in [0.25, 0.3) is 5.91 Å². The summed E-state index contributed by atoms with van der Waals surface area (Å²) in [7, 11) is 0. The SMILES string of the molecule is O=C(c1ccc(Cn2cnnn2)cc1)N1C[C@@H](Cc2ccnc3ccccc23)[C@H](O)C1. The number of likely N-dealkylation sites (tertiary alicyclic amines) is 1. The second-order valence-corrected chi connectivity index (χ2v) is 7.93. The van der Waals surface area contributed by atoms with Gasteiger partial charge in [-0.1, -0.05) is 30.3 Å². The van der Waals surface area contributed by atoms with Crippen LogP contribution in [0.15, 0.2) is 67.1 Å². The molecule has 1 saturated heterocycles. The molecule has 2 aromatic heterocycles. The Hall–Kier alpha value is -3.65. The highest BCUT2D eigenvalue weighted by molar-refractivity contribution is 5.94. The molecule has 8 nitrogen and oxygen atoms in total. The van der Waals surface area contributed by atoms with E-state index in [-0.39, 0.29) is 11.8 Å². The third-order valence-electron chi connectivity index (χ3n) is 5.85. The van der Waals surface area contributed by atoms with E-state index in [1.54, 1.807) is 22.1 Å². The predicted molar refractivity (Wildman–Crippen MR) is 114 cm³/mol. The molecule has 2 atom stereocenters. The summed E-state index contributed by atoms with van der Waals surface area (Å²) in [6.07, 6.45) is 3.52. The normalized spacial score (nSPS) is 18.5. The predicted octanol–water partition coefficient (Wildman–Crippen LogP) is 1.95. The fourth-order valence-corrected chi connectivity index (χ4v) is 4.21. The summed E-state index contributed by atoms with van der Waals surface area (Å²) in [6, 6.07) is 17.5. The van der Waals surface area contributed by atoms with E-state index in [9.17, 15) is 9.90 Å². The van der Waals surface area contributed by atoms with Crippen LogP contribution in [0.25, 0.3) is 10.9 Å². The van der Waals surface area contributed by atoms with Crippen molar-refractivity contribution in [2.24, 2.45) is 5.92 Å². The standard InChI is InChI=1S/C23H22N6O2/c30-22-14-28(13-19(22)11-18-9-10-24-21-4-2-1-3-20(18)21)23(31)17-7-5-16(6-8-17)12-29-15-25-26-27-29/h1-10,15,19,22,30H,11-14H2/t19-,22-/m1/s1. The largest absolute Gasteiger partial charge is 0.391 e. The molecule has 1 fully saturated rings. The monoisotopic (exact) mass is 414 g/mol. The van der Waals surface area contributed by atoms with E-state index >= 15 is 0 Å². The first-order chi connectivity index (χ1) is 15.2. The van der Waals surface area contributed by atoms with E-state index in [2.05, 4.69) is 26.6 Å². The number of para-hydroxylation sites is 1. The molecule has 156 valence electrons. The van der Waals surface area contributed by atoms with Gasteiger partial charge in [-0.05, 0) is 52.2 Å². The van der Waals surface area contributed by atoms with Crippen molar-refractivity contribution in [3.63, 3.8) is 0 Å². The van der Waals surface area contributed by atoms with E-state index < -0.39 is 6.10 Å². The third kappa shape index (κ3) is 4.02. The Morgan fingerprint density at radius 2 is 1.90 bits per heavy atom. The molecule has 31 heavy (non-hydrogen) atoms. The van der Waals surface area contributed by atoms with Crippen LogP contribution >= 0.6 is 0 Å². The Morgan fingerprint density at radius 3 is 2.71 bits per heavy atom. The van der Waals surface area contributed by atoms with Crippen molar-refractivity contribution >= 4 is 16.8 Å². The Bertz CT molecular complexity index is 1190. The molecular weight excluding hydrogens is 392 g/mol. The zero-order valence-electron chi connectivity index (χ0n) is 16.9. The number of benzene rings is 2. The highest BCUT2D eigenvalue weighted by Crippen LogP contribution is 2.26. The van der Waals surface area contributed by atoms with Crippen molar-refractivity contribution in [3.05, 3.63) is 83.8 Å². The minimum atomic E-state index is -0.546. The first-order valence-corrected chi connectivity index (χ1v) is 10.3. The van der Waals surface area contributed by atoms with Gasteiger partial charge in [0.05, 0.1) is 18.2 Å². The van der Waals surface area contributed by atoms with E-state index in [0.29, 0.717) is 31.6 Å². The van der Waals surface area contributed by atoms with Crippen LogP contribution in [0.5, 0.6) is 0 Å². The minimum Gasteiger partial charge on any atom is -0.391 e. The number of nitrogens with zero attached hydrogens (tertiary/aromatic N) is 6. The number of pyridine rings is 1. The van der Waals surface area contributed by atoms with Gasteiger partial charge in [0.2, 0.25) is 0 Å². The minimum absolute atomic E-state index is 0.00570. The Kier molecular flexibility index (Phi) is 5.13. The molecule has 0 aliphatic carbocycles. The lowest BCUT2D eigenvalue weighted by atomic mass is 9.94. The molecule has 1 aliphatic rings. The quantitative estimate of drug-likeness (QED) is 0.536. The van der Waals surface area contributed by atoms with Crippen molar-refractivity contribution in [2.75, 3.05) is 13.1 Å². The molecule has 0 saturated carbocycles. The summed E-state index contributed by atoms with van der Waals surface area (Å²) in [5.41, 5.74) is 3.72. The molecule has 0 unspecified atom stereocenters. The number of carbonyl (C=O) groups is 1. The van der Waals surface area contributed by atoms with Gasteiger partial charge >= 0.3 is 0 Å². The number of carbonyl (C=O) groups excluding carboxylic acids is 1. The van der Waals surface area contributed by atoms with Crippen LogP contribution in [0.4, 0.5) is 0 Å². The third-order valence-corrected chi connectivity index (χ3v) is 5.85. The summed E-state index contributed by atoms with van der Waals surface area (Å²) < 4.78 is 1.63. The lowest BCUT2D eigenvalue weighted by molar-refractivity contribution is 0.0764. The van der Waals surface area contributed by atoms with Crippen LogP contribution in [-0.4, -0.2) is 60.3 Å². The van der Waals surface area contributed by atoms with Gasteiger partial charge in [0, 0.05) is 36.2 Å². The average Bonchev–Trinajstić information content (AvgIpc) is 3.44. The lowest BCUT2D eigenvalue weighted by Crippen LogP contribution is -2.29. The Morgan fingerprint density at radius 1 is 1.06 bits per heavy atom. The zero-order valence-corrected chi connectivity index (χ0v) is 16.9. The van der Waals surface area contributed by atoms with E-state index in [1.165, 1.54) is 0 Å². The summed E-state index contributed by atoms with van der Waals surface area (Å²) in [6.45, 7) is 1.42. The molecule has 1 N–H and O–H groups in total.